The van der Waals surface area contributed by atoms with E-state index in [0.29, 0.717) is 5.92 Å². The third-order valence-corrected chi connectivity index (χ3v) is 11.4. The Balaban J connectivity index is 1.28. The van der Waals surface area contributed by atoms with Gasteiger partial charge < -0.3 is 4.57 Å². The van der Waals surface area contributed by atoms with Crippen molar-refractivity contribution < 1.29 is 0 Å². The third-order valence-electron chi connectivity index (χ3n) is 10.3. The zero-order valence-electron chi connectivity index (χ0n) is 28.5. The van der Waals surface area contributed by atoms with Gasteiger partial charge >= 0.3 is 0 Å². The minimum absolute atomic E-state index is 0.209. The number of aromatic nitrogens is 3. The first-order valence-corrected chi connectivity index (χ1v) is 17.9. The van der Waals surface area contributed by atoms with Crippen molar-refractivity contribution in [2.75, 3.05) is 0 Å². The molecule has 0 spiro atoms. The SMILES string of the molecule is CC1=C\C=C(c2nc(-c3ccc4c(c3)C(C)(C)c3cccc5c6c7ccccc7sc6n-4c35)c3ccccc3n2)/C=C(C)/C=C\C(C)/C=C\1. The number of thiophene rings is 1. The van der Waals surface area contributed by atoms with Gasteiger partial charge in [0.2, 0.25) is 0 Å². The van der Waals surface area contributed by atoms with E-state index < -0.39 is 0 Å². The molecule has 0 radical (unpaired) electrons. The normalized spacial score (nSPS) is 21.7. The van der Waals surface area contributed by atoms with Gasteiger partial charge in [-0.25, -0.2) is 9.97 Å². The Labute approximate surface area is 291 Å². The highest BCUT2D eigenvalue weighted by Gasteiger charge is 2.36. The molecule has 0 bridgehead atoms. The molecule has 1 aliphatic carbocycles. The first kappa shape index (κ1) is 29.8. The number of benzene rings is 4. The average Bonchev–Trinajstić information content (AvgIpc) is 3.64. The van der Waals surface area contributed by atoms with Crippen LogP contribution in [0.4, 0.5) is 0 Å². The molecule has 1 aliphatic heterocycles. The van der Waals surface area contributed by atoms with Crippen molar-refractivity contribution in [1.82, 2.24) is 14.5 Å². The van der Waals surface area contributed by atoms with E-state index in [1.165, 1.54) is 53.6 Å². The number of para-hydroxylation sites is 2. The second-order valence-electron chi connectivity index (χ2n) is 14.1. The lowest BCUT2D eigenvalue weighted by atomic mass is 9.74. The van der Waals surface area contributed by atoms with Gasteiger partial charge in [0.1, 0.15) is 4.83 Å². The summed E-state index contributed by atoms with van der Waals surface area (Å²) >= 11 is 1.89. The lowest BCUT2D eigenvalue weighted by molar-refractivity contribution is 0.630. The molecule has 2 aliphatic rings. The molecule has 4 aromatic carbocycles. The van der Waals surface area contributed by atoms with Gasteiger partial charge in [-0.15, -0.1) is 11.3 Å². The smallest absolute Gasteiger partial charge is 0.160 e. The van der Waals surface area contributed by atoms with Gasteiger partial charge in [-0.1, -0.05) is 129 Å². The van der Waals surface area contributed by atoms with Gasteiger partial charge in [0.05, 0.1) is 22.4 Å². The molecule has 0 N–H and O–H groups in total. The molecule has 7 aromatic rings. The summed E-state index contributed by atoms with van der Waals surface area (Å²) in [5.41, 5.74) is 11.4. The first-order valence-electron chi connectivity index (χ1n) is 17.1. The molecule has 0 saturated heterocycles. The van der Waals surface area contributed by atoms with Gasteiger partial charge in [-0.3, -0.25) is 0 Å². The number of hydrogen-bond donors (Lipinski definition) is 0. The van der Waals surface area contributed by atoms with Crippen LogP contribution in [0.25, 0.3) is 64.6 Å². The van der Waals surface area contributed by atoms with Crippen LogP contribution in [0, 0.1) is 5.92 Å². The number of allylic oxidation sites excluding steroid dienone is 10. The molecule has 3 aromatic heterocycles. The highest BCUT2D eigenvalue weighted by atomic mass is 32.1. The van der Waals surface area contributed by atoms with Crippen LogP contribution in [-0.2, 0) is 5.41 Å². The van der Waals surface area contributed by atoms with Crippen molar-refractivity contribution >= 4 is 59.0 Å². The van der Waals surface area contributed by atoms with E-state index in [1.54, 1.807) is 0 Å². The maximum absolute atomic E-state index is 5.37. The van der Waals surface area contributed by atoms with E-state index in [0.717, 1.165) is 39.1 Å². The molecule has 49 heavy (non-hydrogen) atoms. The summed E-state index contributed by atoms with van der Waals surface area (Å²) in [6, 6.07) is 31.1. The Morgan fingerprint density at radius 3 is 2.35 bits per heavy atom. The quantitative estimate of drug-likeness (QED) is 0.186. The van der Waals surface area contributed by atoms with Crippen LogP contribution in [0.5, 0.6) is 0 Å². The van der Waals surface area contributed by atoms with Crippen LogP contribution in [-0.4, -0.2) is 14.5 Å². The summed E-state index contributed by atoms with van der Waals surface area (Å²) in [5, 5.41) is 5.08. The number of nitrogens with zero attached hydrogens (tertiary/aromatic N) is 3. The molecule has 0 fully saturated rings. The molecule has 0 amide bonds. The summed E-state index contributed by atoms with van der Waals surface area (Å²) in [4.78, 5) is 11.8. The summed E-state index contributed by atoms with van der Waals surface area (Å²) < 4.78 is 3.85. The van der Waals surface area contributed by atoms with Crippen LogP contribution in [0.15, 0.2) is 139 Å². The number of rotatable bonds is 2. The van der Waals surface area contributed by atoms with Crippen LogP contribution in [0.1, 0.15) is 51.6 Å². The average molecular weight is 652 g/mol. The standard InChI is InChI=1S/C45H37N3S/c1-27-17-18-28(2)21-22-31(25-29(3)20-19-27)43-46-37-15-8-6-11-32(37)41(47-43)30-23-24-38-36(26-30)45(4,5)35-14-10-13-34-40-33-12-7-9-16-39(33)49-44(40)48(38)42(34)35/h6-27H,1-5H3/b18-17-,20-19-,28-21+,29-25+,31-22+. The Morgan fingerprint density at radius 2 is 1.49 bits per heavy atom. The minimum atomic E-state index is -0.209. The lowest BCUT2D eigenvalue weighted by Crippen LogP contribution is -2.26. The highest BCUT2D eigenvalue weighted by Crippen LogP contribution is 2.51. The zero-order valence-corrected chi connectivity index (χ0v) is 29.3. The van der Waals surface area contributed by atoms with Crippen molar-refractivity contribution in [3.63, 3.8) is 0 Å². The first-order chi connectivity index (χ1) is 23.8. The van der Waals surface area contributed by atoms with Crippen LogP contribution < -0.4 is 0 Å². The molecule has 4 heteroatoms. The Kier molecular flexibility index (Phi) is 6.76. The maximum Gasteiger partial charge on any atom is 0.160 e. The van der Waals surface area contributed by atoms with Crippen LogP contribution in [0.3, 0.4) is 0 Å². The summed E-state index contributed by atoms with van der Waals surface area (Å²) in [6.07, 6.45) is 15.4. The van der Waals surface area contributed by atoms with Crippen molar-refractivity contribution in [3.05, 3.63) is 156 Å². The fourth-order valence-electron chi connectivity index (χ4n) is 7.65. The summed E-state index contributed by atoms with van der Waals surface area (Å²) in [7, 11) is 0. The molecule has 1 unspecified atom stereocenters. The lowest BCUT2D eigenvalue weighted by Gasteiger charge is -2.35. The predicted octanol–water partition coefficient (Wildman–Crippen LogP) is 12.3. The Hall–Kier alpha value is -5.32. The molecule has 4 heterocycles. The van der Waals surface area contributed by atoms with Crippen LogP contribution >= 0.6 is 11.3 Å². The molecule has 0 saturated carbocycles. The third kappa shape index (κ3) is 4.69. The van der Waals surface area contributed by atoms with E-state index in [4.69, 9.17) is 9.97 Å². The van der Waals surface area contributed by atoms with Gasteiger partial charge in [0.15, 0.2) is 5.82 Å². The van der Waals surface area contributed by atoms with E-state index >= 15 is 0 Å². The number of fused-ring (bicyclic) bond motifs is 8. The second kappa shape index (κ2) is 11.1. The molecule has 238 valence electrons. The molecule has 9 rings (SSSR count). The van der Waals surface area contributed by atoms with E-state index in [-0.39, 0.29) is 5.41 Å². The fraction of sp³-hybridized carbons (Fsp3) is 0.156. The van der Waals surface area contributed by atoms with Crippen LogP contribution in [0.2, 0.25) is 0 Å². The van der Waals surface area contributed by atoms with Crippen molar-refractivity contribution in [2.24, 2.45) is 5.92 Å². The molecule has 1 atom stereocenters. The zero-order chi connectivity index (χ0) is 33.4. The summed E-state index contributed by atoms with van der Waals surface area (Å²) in [6.45, 7) is 11.2. The van der Waals surface area contributed by atoms with Crippen molar-refractivity contribution in [2.45, 2.75) is 40.0 Å². The minimum Gasteiger partial charge on any atom is -0.300 e. The van der Waals surface area contributed by atoms with Crippen molar-refractivity contribution in [1.29, 1.82) is 0 Å². The number of hydrogen-bond acceptors (Lipinski definition) is 3. The largest absolute Gasteiger partial charge is 0.300 e. The van der Waals surface area contributed by atoms with Gasteiger partial charge in [-0.05, 0) is 61.2 Å². The fourth-order valence-corrected chi connectivity index (χ4v) is 8.89. The monoisotopic (exact) mass is 651 g/mol. The summed E-state index contributed by atoms with van der Waals surface area (Å²) in [5.74, 6) is 1.08. The Morgan fingerprint density at radius 1 is 0.735 bits per heavy atom. The molecular formula is C45H37N3S. The van der Waals surface area contributed by atoms with E-state index in [9.17, 15) is 0 Å². The highest BCUT2D eigenvalue weighted by molar-refractivity contribution is 7.25. The van der Waals surface area contributed by atoms with Gasteiger partial charge in [-0.2, -0.15) is 0 Å². The van der Waals surface area contributed by atoms with E-state index in [2.05, 4.69) is 167 Å². The topological polar surface area (TPSA) is 30.7 Å². The van der Waals surface area contributed by atoms with E-state index in [1.807, 2.05) is 11.3 Å². The second-order valence-corrected chi connectivity index (χ2v) is 15.1. The van der Waals surface area contributed by atoms with Gasteiger partial charge in [0.25, 0.3) is 0 Å². The molecule has 3 nitrogen and oxygen atoms in total. The predicted molar refractivity (Wildman–Crippen MR) is 210 cm³/mol. The maximum atomic E-state index is 5.37. The van der Waals surface area contributed by atoms with Crippen molar-refractivity contribution in [3.8, 4) is 16.9 Å². The molecular weight excluding hydrogens is 615 g/mol. The Bertz CT molecular complexity index is 2670. The van der Waals surface area contributed by atoms with Gasteiger partial charge in [0, 0.05) is 42.8 Å².